The SMILES string of the molecule is O=C(Cc1ccc(OC(F)(F)F)cc1)c1cc(NC(=O)C2C(c3cc(Cl)cc(Cl)c3)C2(Cl)Cl)ccc1Cl. The van der Waals surface area contributed by atoms with E-state index in [9.17, 15) is 22.8 Å². The van der Waals surface area contributed by atoms with Crippen molar-refractivity contribution in [3.8, 4) is 5.75 Å². The quantitative estimate of drug-likeness (QED) is 0.215. The fourth-order valence-corrected chi connectivity index (χ4v) is 5.54. The number of halogens is 8. The number of carbonyl (C=O) groups is 2. The van der Waals surface area contributed by atoms with Crippen LogP contribution >= 0.6 is 58.0 Å². The Morgan fingerprint density at radius 1 is 0.919 bits per heavy atom. The maximum atomic E-state index is 13.0. The molecule has 194 valence electrons. The summed E-state index contributed by atoms with van der Waals surface area (Å²) < 4.78 is 39.5. The number of hydrogen-bond acceptors (Lipinski definition) is 3. The van der Waals surface area contributed by atoms with Crippen LogP contribution < -0.4 is 10.1 Å². The van der Waals surface area contributed by atoms with Crippen molar-refractivity contribution < 1.29 is 27.5 Å². The number of alkyl halides is 5. The minimum atomic E-state index is -4.82. The molecule has 1 saturated carbocycles. The van der Waals surface area contributed by atoms with Gasteiger partial charge in [0.15, 0.2) is 5.78 Å². The fourth-order valence-electron chi connectivity index (χ4n) is 3.95. The zero-order valence-electron chi connectivity index (χ0n) is 18.4. The molecule has 1 N–H and O–H groups in total. The Hall–Kier alpha value is -2.16. The molecule has 3 aromatic rings. The van der Waals surface area contributed by atoms with Gasteiger partial charge < -0.3 is 10.1 Å². The van der Waals surface area contributed by atoms with Gasteiger partial charge in [-0.3, -0.25) is 9.59 Å². The molecule has 0 radical (unpaired) electrons. The van der Waals surface area contributed by atoms with Crippen LogP contribution in [0, 0.1) is 5.92 Å². The lowest BCUT2D eigenvalue weighted by molar-refractivity contribution is -0.274. The van der Waals surface area contributed by atoms with Crippen LogP contribution in [0.2, 0.25) is 15.1 Å². The maximum Gasteiger partial charge on any atom is 0.573 e. The number of carbonyl (C=O) groups excluding carboxylic acids is 2. The van der Waals surface area contributed by atoms with Crippen molar-refractivity contribution >= 4 is 75.4 Å². The third kappa shape index (κ3) is 6.65. The van der Waals surface area contributed by atoms with Crippen LogP contribution in [0.25, 0.3) is 0 Å². The molecule has 12 heteroatoms. The molecule has 0 heterocycles. The number of ether oxygens (including phenoxy) is 1. The minimum Gasteiger partial charge on any atom is -0.406 e. The highest BCUT2D eigenvalue weighted by Crippen LogP contribution is 2.65. The van der Waals surface area contributed by atoms with Crippen molar-refractivity contribution in [1.82, 2.24) is 0 Å². The van der Waals surface area contributed by atoms with Gasteiger partial charge in [0, 0.05) is 33.6 Å². The predicted octanol–water partition coefficient (Wildman–Crippen LogP) is 8.50. The van der Waals surface area contributed by atoms with Crippen LogP contribution in [0.1, 0.15) is 27.4 Å². The Labute approximate surface area is 234 Å². The summed E-state index contributed by atoms with van der Waals surface area (Å²) in [6.45, 7) is 0. The van der Waals surface area contributed by atoms with Crippen molar-refractivity contribution in [2.45, 2.75) is 23.0 Å². The molecule has 2 unspecified atom stereocenters. The normalized spacial score (nSPS) is 18.3. The van der Waals surface area contributed by atoms with Crippen LogP contribution in [0.5, 0.6) is 5.75 Å². The van der Waals surface area contributed by atoms with Gasteiger partial charge in [0.05, 0.1) is 10.9 Å². The van der Waals surface area contributed by atoms with Gasteiger partial charge in [-0.2, -0.15) is 0 Å². The molecule has 0 saturated heterocycles. The summed E-state index contributed by atoms with van der Waals surface area (Å²) >= 11 is 31.1. The van der Waals surface area contributed by atoms with Gasteiger partial charge in [-0.1, -0.05) is 46.9 Å². The van der Waals surface area contributed by atoms with Crippen molar-refractivity contribution in [2.75, 3.05) is 5.32 Å². The van der Waals surface area contributed by atoms with Crippen LogP contribution in [0.4, 0.5) is 18.9 Å². The lowest BCUT2D eigenvalue weighted by Crippen LogP contribution is -2.17. The summed E-state index contributed by atoms with van der Waals surface area (Å²) in [5.41, 5.74) is 1.46. The third-order valence-electron chi connectivity index (χ3n) is 5.64. The fraction of sp³-hybridized carbons (Fsp3) is 0.200. The van der Waals surface area contributed by atoms with Gasteiger partial charge in [0.2, 0.25) is 5.91 Å². The van der Waals surface area contributed by atoms with Crippen molar-refractivity contribution in [3.05, 3.63) is 92.4 Å². The first-order valence-electron chi connectivity index (χ1n) is 10.6. The van der Waals surface area contributed by atoms with Gasteiger partial charge >= 0.3 is 6.36 Å². The Bertz CT molecular complexity index is 1340. The summed E-state index contributed by atoms with van der Waals surface area (Å²) in [7, 11) is 0. The van der Waals surface area contributed by atoms with E-state index in [2.05, 4.69) is 10.1 Å². The molecule has 0 aromatic heterocycles. The van der Waals surface area contributed by atoms with Crippen LogP contribution in [0.3, 0.4) is 0 Å². The van der Waals surface area contributed by atoms with Gasteiger partial charge in [-0.25, -0.2) is 0 Å². The number of rotatable bonds is 7. The molecule has 1 amide bonds. The Morgan fingerprint density at radius 2 is 1.54 bits per heavy atom. The van der Waals surface area contributed by atoms with E-state index in [4.69, 9.17) is 58.0 Å². The molecule has 1 aliphatic carbocycles. The average Bonchev–Trinajstić information content (AvgIpc) is 3.37. The van der Waals surface area contributed by atoms with Crippen molar-refractivity contribution in [3.63, 3.8) is 0 Å². The Balaban J connectivity index is 1.46. The van der Waals surface area contributed by atoms with Crippen LogP contribution in [-0.2, 0) is 11.2 Å². The second kappa shape index (κ2) is 10.5. The smallest absolute Gasteiger partial charge is 0.406 e. The van der Waals surface area contributed by atoms with Crippen molar-refractivity contribution in [1.29, 1.82) is 0 Å². The summed E-state index contributed by atoms with van der Waals surface area (Å²) in [4.78, 5) is 25.8. The first-order valence-corrected chi connectivity index (χ1v) is 12.5. The molecule has 0 spiro atoms. The molecule has 37 heavy (non-hydrogen) atoms. The van der Waals surface area contributed by atoms with E-state index in [1.807, 2.05) is 0 Å². The largest absolute Gasteiger partial charge is 0.573 e. The zero-order valence-corrected chi connectivity index (χ0v) is 22.2. The van der Waals surface area contributed by atoms with Gasteiger partial charge in [-0.05, 0) is 59.7 Å². The summed E-state index contributed by atoms with van der Waals surface area (Å²) in [6.07, 6.45) is -4.96. The minimum absolute atomic E-state index is 0.118. The lowest BCUT2D eigenvalue weighted by atomic mass is 10.0. The molecule has 2 atom stereocenters. The van der Waals surface area contributed by atoms with E-state index in [1.54, 1.807) is 18.2 Å². The van der Waals surface area contributed by atoms with Gasteiger partial charge in [-0.15, -0.1) is 36.4 Å². The standard InChI is InChI=1S/C25H15Cl5F3NO3/c26-14-8-13(9-15(27)10-14)21-22(24(21,29)30)23(36)34-16-3-6-19(28)18(11-16)20(35)7-12-1-4-17(5-2-12)37-25(31,32)33/h1-6,8-11,21-22H,7H2,(H,34,36). The molecular formula is C25H15Cl5F3NO3. The zero-order chi connectivity index (χ0) is 27.1. The van der Waals surface area contributed by atoms with E-state index in [0.29, 0.717) is 21.2 Å². The van der Waals surface area contributed by atoms with E-state index in [1.165, 1.54) is 30.3 Å². The molecule has 4 rings (SSSR count). The summed E-state index contributed by atoms with van der Waals surface area (Å²) in [5, 5.41) is 3.59. The van der Waals surface area contributed by atoms with Crippen molar-refractivity contribution in [2.24, 2.45) is 5.92 Å². The number of nitrogens with one attached hydrogen (secondary N) is 1. The van der Waals surface area contributed by atoms with Crippen LogP contribution in [0.15, 0.2) is 60.7 Å². The summed E-state index contributed by atoms with van der Waals surface area (Å²) in [6, 6.07) is 14.1. The molecule has 3 aromatic carbocycles. The van der Waals surface area contributed by atoms with Gasteiger partial charge in [0.1, 0.15) is 10.1 Å². The predicted molar refractivity (Wildman–Crippen MR) is 138 cm³/mol. The second-order valence-corrected chi connectivity index (χ2v) is 11.0. The van der Waals surface area contributed by atoms with Gasteiger partial charge in [0.25, 0.3) is 0 Å². The Morgan fingerprint density at radius 3 is 2.14 bits per heavy atom. The van der Waals surface area contributed by atoms with E-state index >= 15 is 0 Å². The van der Waals surface area contributed by atoms with E-state index < -0.39 is 40.0 Å². The number of benzene rings is 3. The third-order valence-corrected chi connectivity index (χ3v) is 7.34. The topological polar surface area (TPSA) is 55.4 Å². The van der Waals surface area contributed by atoms with Crippen LogP contribution in [-0.4, -0.2) is 22.4 Å². The number of anilines is 1. The molecule has 4 nitrogen and oxygen atoms in total. The first kappa shape index (κ1) is 27.9. The number of ketones is 1. The molecule has 0 bridgehead atoms. The monoisotopic (exact) mass is 609 g/mol. The first-order chi connectivity index (χ1) is 17.2. The number of hydrogen-bond donors (Lipinski definition) is 1. The molecule has 1 aliphatic rings. The molecule has 0 aliphatic heterocycles. The highest BCUT2D eigenvalue weighted by atomic mass is 35.5. The lowest BCUT2D eigenvalue weighted by Gasteiger charge is -2.10. The summed E-state index contributed by atoms with van der Waals surface area (Å²) in [5.74, 6) is -2.65. The molecule has 1 fully saturated rings. The molecular weight excluding hydrogens is 597 g/mol. The Kier molecular flexibility index (Phi) is 7.94. The highest BCUT2D eigenvalue weighted by molar-refractivity contribution is 6.53. The highest BCUT2D eigenvalue weighted by Gasteiger charge is 2.67. The van der Waals surface area contributed by atoms with E-state index in [0.717, 1.165) is 12.1 Å². The number of amides is 1. The average molecular weight is 612 g/mol. The second-order valence-electron chi connectivity index (χ2n) is 8.31. The van der Waals surface area contributed by atoms with E-state index in [-0.39, 0.29) is 22.7 Å². The number of Topliss-reactive ketones (excluding diaryl/α,β-unsaturated/α-hetero) is 1. The maximum absolute atomic E-state index is 13.0.